The molecule has 174 valence electrons. The number of carbonyl (C=O) groups excluding carboxylic acids is 2. The smallest absolute Gasteiger partial charge is 0.314 e. The summed E-state index contributed by atoms with van der Waals surface area (Å²) in [5.74, 6) is -0.00421. The van der Waals surface area contributed by atoms with Gasteiger partial charge < -0.3 is 19.7 Å². The van der Waals surface area contributed by atoms with Crippen LogP contribution in [0.15, 0.2) is 54.6 Å². The van der Waals surface area contributed by atoms with Crippen LogP contribution in [0.3, 0.4) is 0 Å². The van der Waals surface area contributed by atoms with Gasteiger partial charge in [0.1, 0.15) is 5.75 Å². The van der Waals surface area contributed by atoms with Gasteiger partial charge in [0.25, 0.3) is 0 Å². The second-order valence-electron chi connectivity index (χ2n) is 8.27. The third kappa shape index (κ3) is 7.77. The fourth-order valence-corrected chi connectivity index (χ4v) is 3.79. The average Bonchev–Trinajstić information content (AvgIpc) is 2.80. The highest BCUT2D eigenvalue weighted by Crippen LogP contribution is 2.26. The number of carbonyl (C=O) groups is 2. The van der Waals surface area contributed by atoms with Crippen molar-refractivity contribution in [3.63, 3.8) is 0 Å². The van der Waals surface area contributed by atoms with E-state index in [4.69, 9.17) is 9.47 Å². The Kier molecular flexibility index (Phi) is 10.4. The van der Waals surface area contributed by atoms with Crippen molar-refractivity contribution in [3.8, 4) is 5.75 Å². The summed E-state index contributed by atoms with van der Waals surface area (Å²) in [5.41, 5.74) is 2.18. The molecule has 1 saturated heterocycles. The lowest BCUT2D eigenvalue weighted by molar-refractivity contribution is -0.143. The average molecular weight is 441 g/mol. The minimum atomic E-state index is -0.287. The first-order valence-corrected chi connectivity index (χ1v) is 11.1. The molecule has 1 heterocycles. The van der Waals surface area contributed by atoms with Crippen LogP contribution < -0.4 is 10.1 Å². The molecule has 3 atom stereocenters. The lowest BCUT2D eigenvalue weighted by Gasteiger charge is -2.29. The Morgan fingerprint density at radius 2 is 1.72 bits per heavy atom. The minimum absolute atomic E-state index is 0.143. The summed E-state index contributed by atoms with van der Waals surface area (Å²) < 4.78 is 9.97. The minimum Gasteiger partial charge on any atom is -0.469 e. The molecular formula is C26H36N2O4. The van der Waals surface area contributed by atoms with E-state index < -0.39 is 0 Å². The Balaban J connectivity index is 0.000000229. The number of nitrogens with one attached hydrogen (secondary N) is 1. The van der Waals surface area contributed by atoms with E-state index in [1.165, 1.54) is 26.9 Å². The molecule has 1 aliphatic heterocycles. The molecule has 0 spiro atoms. The molecule has 1 aliphatic rings. The van der Waals surface area contributed by atoms with Crippen molar-refractivity contribution in [2.75, 3.05) is 27.7 Å². The Bertz CT molecular complexity index is 848. The van der Waals surface area contributed by atoms with E-state index in [1.54, 1.807) is 6.07 Å². The van der Waals surface area contributed by atoms with Crippen molar-refractivity contribution in [2.24, 2.45) is 0 Å². The Morgan fingerprint density at radius 1 is 1.03 bits per heavy atom. The van der Waals surface area contributed by atoms with Gasteiger partial charge in [-0.3, -0.25) is 9.59 Å². The number of esters is 2. The highest BCUT2D eigenvalue weighted by molar-refractivity contribution is 5.79. The van der Waals surface area contributed by atoms with E-state index in [-0.39, 0.29) is 23.9 Å². The first-order valence-electron chi connectivity index (χ1n) is 11.1. The zero-order valence-corrected chi connectivity index (χ0v) is 19.8. The summed E-state index contributed by atoms with van der Waals surface area (Å²) in [6.07, 6.45) is 3.41. The molecule has 0 aliphatic carbocycles. The largest absolute Gasteiger partial charge is 0.469 e. The molecule has 1 N–H and O–H groups in total. The van der Waals surface area contributed by atoms with Crippen molar-refractivity contribution in [1.82, 2.24) is 10.2 Å². The van der Waals surface area contributed by atoms with Crippen LogP contribution in [0.1, 0.15) is 56.2 Å². The first-order chi connectivity index (χ1) is 15.3. The lowest BCUT2D eigenvalue weighted by Crippen LogP contribution is -2.42. The number of benzene rings is 2. The highest BCUT2D eigenvalue weighted by Gasteiger charge is 2.31. The SMILES string of the molecule is CC(=O)Oc1cccc(C(C)N(C)C)c1.COC(=O)C(c1ccccc1)C1CCCCN1. The molecule has 32 heavy (non-hydrogen) atoms. The molecule has 0 saturated carbocycles. The summed E-state index contributed by atoms with van der Waals surface area (Å²) in [6, 6.07) is 18.0. The van der Waals surface area contributed by atoms with Gasteiger partial charge in [-0.2, -0.15) is 0 Å². The van der Waals surface area contributed by atoms with Crippen molar-refractivity contribution in [2.45, 2.75) is 51.1 Å². The van der Waals surface area contributed by atoms with E-state index in [9.17, 15) is 9.59 Å². The van der Waals surface area contributed by atoms with Gasteiger partial charge in [-0.1, -0.05) is 48.9 Å². The number of ether oxygens (including phenoxy) is 2. The molecule has 3 rings (SSSR count). The molecular weight excluding hydrogens is 404 g/mol. The third-order valence-electron chi connectivity index (χ3n) is 5.74. The predicted molar refractivity (Wildman–Crippen MR) is 127 cm³/mol. The van der Waals surface area contributed by atoms with Gasteiger partial charge in [-0.25, -0.2) is 0 Å². The van der Waals surface area contributed by atoms with Gasteiger partial charge in [0.15, 0.2) is 0 Å². The molecule has 0 aromatic heterocycles. The Hall–Kier alpha value is -2.70. The van der Waals surface area contributed by atoms with Gasteiger partial charge >= 0.3 is 11.9 Å². The van der Waals surface area contributed by atoms with E-state index in [0.29, 0.717) is 11.8 Å². The monoisotopic (exact) mass is 440 g/mol. The Morgan fingerprint density at radius 3 is 2.28 bits per heavy atom. The van der Waals surface area contributed by atoms with Crippen LogP contribution in [0.2, 0.25) is 0 Å². The quantitative estimate of drug-likeness (QED) is 0.533. The van der Waals surface area contributed by atoms with Crippen LogP contribution in [0.25, 0.3) is 0 Å². The maximum Gasteiger partial charge on any atom is 0.314 e. The van der Waals surface area contributed by atoms with Crippen LogP contribution in [-0.2, 0) is 14.3 Å². The molecule has 2 aromatic carbocycles. The number of piperidine rings is 1. The second kappa shape index (κ2) is 13.0. The summed E-state index contributed by atoms with van der Waals surface area (Å²) in [7, 11) is 5.49. The molecule has 0 amide bonds. The van der Waals surface area contributed by atoms with Crippen molar-refractivity contribution in [3.05, 3.63) is 65.7 Å². The first kappa shape index (κ1) is 25.6. The fraction of sp³-hybridized carbons (Fsp3) is 0.462. The number of nitrogens with zero attached hydrogens (tertiary/aromatic N) is 1. The van der Waals surface area contributed by atoms with Gasteiger partial charge in [-0.05, 0) is 63.7 Å². The third-order valence-corrected chi connectivity index (χ3v) is 5.74. The number of rotatable bonds is 6. The van der Waals surface area contributed by atoms with E-state index in [1.807, 2.05) is 62.6 Å². The summed E-state index contributed by atoms with van der Waals surface area (Å²) in [5, 5.41) is 3.43. The molecule has 1 fully saturated rings. The molecule has 2 aromatic rings. The second-order valence-corrected chi connectivity index (χ2v) is 8.27. The standard InChI is InChI=1S/C14H19NO2.C12H17NO2/c1-17-14(16)13(11-7-3-2-4-8-11)12-9-5-6-10-15-12;1-9(13(3)4)11-6-5-7-12(8-11)15-10(2)14/h2-4,7-8,12-13,15H,5-6,9-10H2,1H3;5-9H,1-4H3. The molecule has 6 nitrogen and oxygen atoms in total. The van der Waals surface area contributed by atoms with Crippen LogP contribution in [-0.4, -0.2) is 50.6 Å². The summed E-state index contributed by atoms with van der Waals surface area (Å²) in [4.78, 5) is 24.8. The Labute approximate surface area is 191 Å². The van der Waals surface area contributed by atoms with Crippen LogP contribution in [0, 0.1) is 0 Å². The lowest BCUT2D eigenvalue weighted by atomic mass is 9.86. The summed E-state index contributed by atoms with van der Waals surface area (Å²) in [6.45, 7) is 4.50. The van der Waals surface area contributed by atoms with Crippen LogP contribution >= 0.6 is 0 Å². The molecule has 0 radical (unpaired) electrons. The molecule has 3 unspecified atom stereocenters. The van der Waals surface area contributed by atoms with Crippen LogP contribution in [0.4, 0.5) is 0 Å². The van der Waals surface area contributed by atoms with E-state index in [0.717, 1.165) is 24.1 Å². The van der Waals surface area contributed by atoms with E-state index >= 15 is 0 Å². The van der Waals surface area contributed by atoms with Gasteiger partial charge in [0.2, 0.25) is 0 Å². The number of methoxy groups -OCH3 is 1. The normalized spacial score (nSPS) is 17.5. The number of hydrogen-bond acceptors (Lipinski definition) is 6. The zero-order chi connectivity index (χ0) is 23.5. The zero-order valence-electron chi connectivity index (χ0n) is 19.8. The predicted octanol–water partition coefficient (Wildman–Crippen LogP) is 4.32. The topological polar surface area (TPSA) is 67.9 Å². The van der Waals surface area contributed by atoms with Crippen molar-refractivity contribution < 1.29 is 19.1 Å². The van der Waals surface area contributed by atoms with Gasteiger partial charge in [0.05, 0.1) is 13.0 Å². The van der Waals surface area contributed by atoms with Gasteiger partial charge in [0, 0.05) is 19.0 Å². The van der Waals surface area contributed by atoms with Crippen LogP contribution in [0.5, 0.6) is 5.75 Å². The molecule has 0 bridgehead atoms. The maximum atomic E-state index is 11.9. The maximum absolute atomic E-state index is 11.9. The van der Waals surface area contributed by atoms with Crippen molar-refractivity contribution >= 4 is 11.9 Å². The van der Waals surface area contributed by atoms with E-state index in [2.05, 4.69) is 17.1 Å². The van der Waals surface area contributed by atoms with Crippen molar-refractivity contribution in [1.29, 1.82) is 0 Å². The fourth-order valence-electron chi connectivity index (χ4n) is 3.79. The summed E-state index contributed by atoms with van der Waals surface area (Å²) >= 11 is 0. The highest BCUT2D eigenvalue weighted by atomic mass is 16.5. The number of hydrogen-bond donors (Lipinski definition) is 1. The molecule has 6 heteroatoms. The van der Waals surface area contributed by atoms with Gasteiger partial charge in [-0.15, -0.1) is 0 Å².